The maximum atomic E-state index is 13.1. The zero-order valence-corrected chi connectivity index (χ0v) is 16.7. The number of fused-ring (bicyclic) bond motifs is 1. The standard InChI is InChI=1S/C21H21ClN2O2S/c1-14(16-8-2-4-10-18(16)22)27-21-23-19-11-5-3-9-17(19)20(25)24(21)13-15-7-6-12-26-15/h2-5,8-11,14-15H,6-7,12-13H2,1H3/t14-,15-/m0/s1. The van der Waals surface area contributed by atoms with Crippen LogP contribution < -0.4 is 5.56 Å². The van der Waals surface area contributed by atoms with Crippen molar-refractivity contribution in [2.24, 2.45) is 0 Å². The van der Waals surface area contributed by atoms with Crippen molar-refractivity contribution in [3.05, 3.63) is 69.5 Å². The first-order valence-electron chi connectivity index (χ1n) is 9.16. The Labute approximate surface area is 167 Å². The summed E-state index contributed by atoms with van der Waals surface area (Å²) in [5.41, 5.74) is 1.75. The minimum absolute atomic E-state index is 0.00930. The third-order valence-electron chi connectivity index (χ3n) is 4.86. The van der Waals surface area contributed by atoms with E-state index in [0.29, 0.717) is 17.1 Å². The van der Waals surface area contributed by atoms with Crippen LogP contribution in [0.15, 0.2) is 58.5 Å². The Balaban J connectivity index is 1.75. The van der Waals surface area contributed by atoms with Crippen LogP contribution in [0.3, 0.4) is 0 Å². The topological polar surface area (TPSA) is 44.1 Å². The van der Waals surface area contributed by atoms with Crippen molar-refractivity contribution in [2.75, 3.05) is 6.61 Å². The van der Waals surface area contributed by atoms with E-state index in [0.717, 1.165) is 35.6 Å². The highest BCUT2D eigenvalue weighted by Gasteiger charge is 2.22. The number of para-hydroxylation sites is 1. The molecule has 2 heterocycles. The second-order valence-electron chi connectivity index (χ2n) is 6.74. The van der Waals surface area contributed by atoms with Gasteiger partial charge in [0.15, 0.2) is 5.16 Å². The number of hydrogen-bond acceptors (Lipinski definition) is 4. The largest absolute Gasteiger partial charge is 0.376 e. The molecule has 1 aromatic heterocycles. The quantitative estimate of drug-likeness (QED) is 0.442. The maximum Gasteiger partial charge on any atom is 0.262 e. The first-order valence-corrected chi connectivity index (χ1v) is 10.4. The van der Waals surface area contributed by atoms with Gasteiger partial charge in [0.1, 0.15) is 0 Å². The number of aromatic nitrogens is 2. The first-order chi connectivity index (χ1) is 13.1. The second-order valence-corrected chi connectivity index (χ2v) is 8.46. The number of ether oxygens (including phenoxy) is 1. The fourth-order valence-electron chi connectivity index (χ4n) is 3.42. The van der Waals surface area contributed by atoms with Crippen LogP contribution in [-0.4, -0.2) is 22.3 Å². The average Bonchev–Trinajstić information content (AvgIpc) is 3.18. The number of thioether (sulfide) groups is 1. The molecular weight excluding hydrogens is 380 g/mol. The lowest BCUT2D eigenvalue weighted by Crippen LogP contribution is -2.29. The van der Waals surface area contributed by atoms with Crippen LogP contribution in [0.5, 0.6) is 0 Å². The van der Waals surface area contributed by atoms with Gasteiger partial charge in [-0.15, -0.1) is 0 Å². The summed E-state index contributed by atoms with van der Waals surface area (Å²) in [6, 6.07) is 15.3. The summed E-state index contributed by atoms with van der Waals surface area (Å²) in [5.74, 6) is 0. The molecule has 1 saturated heterocycles. The van der Waals surface area contributed by atoms with Crippen molar-refractivity contribution >= 4 is 34.3 Å². The number of rotatable bonds is 5. The highest BCUT2D eigenvalue weighted by atomic mass is 35.5. The monoisotopic (exact) mass is 400 g/mol. The van der Waals surface area contributed by atoms with Gasteiger partial charge in [-0.05, 0) is 43.5 Å². The third kappa shape index (κ3) is 3.91. The Morgan fingerprint density at radius 1 is 1.26 bits per heavy atom. The molecule has 0 spiro atoms. The Hall–Kier alpha value is -1.82. The Kier molecular flexibility index (Phi) is 5.53. The van der Waals surface area contributed by atoms with Gasteiger partial charge in [0, 0.05) is 16.9 Å². The Bertz CT molecular complexity index is 1010. The fourth-order valence-corrected chi connectivity index (χ4v) is 4.87. The minimum atomic E-state index is -0.00930. The smallest absolute Gasteiger partial charge is 0.262 e. The minimum Gasteiger partial charge on any atom is -0.376 e. The third-order valence-corrected chi connectivity index (χ3v) is 6.34. The highest BCUT2D eigenvalue weighted by Crippen LogP contribution is 2.37. The highest BCUT2D eigenvalue weighted by molar-refractivity contribution is 7.99. The molecule has 0 aliphatic carbocycles. The van der Waals surface area contributed by atoms with Crippen molar-refractivity contribution in [1.29, 1.82) is 0 Å². The molecule has 0 N–H and O–H groups in total. The first kappa shape index (κ1) is 18.5. The molecule has 1 aliphatic heterocycles. The van der Waals surface area contributed by atoms with E-state index >= 15 is 0 Å². The van der Waals surface area contributed by atoms with Crippen LogP contribution in [0.4, 0.5) is 0 Å². The van der Waals surface area contributed by atoms with E-state index in [1.807, 2.05) is 48.5 Å². The molecule has 4 rings (SSSR count). The lowest BCUT2D eigenvalue weighted by Gasteiger charge is -2.19. The van der Waals surface area contributed by atoms with Crippen LogP contribution in [0, 0.1) is 0 Å². The van der Waals surface area contributed by atoms with Crippen molar-refractivity contribution in [3.8, 4) is 0 Å². The maximum absolute atomic E-state index is 13.1. The summed E-state index contributed by atoms with van der Waals surface area (Å²) >= 11 is 7.93. The molecule has 140 valence electrons. The molecule has 0 amide bonds. The summed E-state index contributed by atoms with van der Waals surface area (Å²) < 4.78 is 7.54. The number of hydrogen-bond donors (Lipinski definition) is 0. The molecule has 6 heteroatoms. The van der Waals surface area contributed by atoms with Crippen LogP contribution in [-0.2, 0) is 11.3 Å². The molecule has 27 heavy (non-hydrogen) atoms. The summed E-state index contributed by atoms with van der Waals surface area (Å²) in [5, 5.41) is 2.15. The van der Waals surface area contributed by atoms with Crippen molar-refractivity contribution in [2.45, 2.75) is 42.8 Å². The Morgan fingerprint density at radius 3 is 2.81 bits per heavy atom. The van der Waals surface area contributed by atoms with Gasteiger partial charge in [0.05, 0.1) is 23.6 Å². The van der Waals surface area contributed by atoms with Crippen molar-refractivity contribution in [1.82, 2.24) is 9.55 Å². The molecule has 0 saturated carbocycles. The zero-order chi connectivity index (χ0) is 18.8. The molecule has 1 fully saturated rings. The second kappa shape index (κ2) is 8.05. The molecule has 1 aliphatic rings. The molecule has 2 atom stereocenters. The molecule has 0 unspecified atom stereocenters. The lowest BCUT2D eigenvalue weighted by molar-refractivity contribution is 0.0937. The molecule has 4 nitrogen and oxygen atoms in total. The van der Waals surface area contributed by atoms with E-state index in [1.165, 1.54) is 0 Å². The van der Waals surface area contributed by atoms with Crippen LogP contribution in [0.25, 0.3) is 10.9 Å². The van der Waals surface area contributed by atoms with Gasteiger partial charge in [0.25, 0.3) is 5.56 Å². The van der Waals surface area contributed by atoms with E-state index < -0.39 is 0 Å². The molecule has 0 bridgehead atoms. The average molecular weight is 401 g/mol. The van der Waals surface area contributed by atoms with Gasteiger partial charge in [-0.3, -0.25) is 9.36 Å². The van der Waals surface area contributed by atoms with Crippen LogP contribution in [0.1, 0.15) is 30.6 Å². The summed E-state index contributed by atoms with van der Waals surface area (Å²) in [6.45, 7) is 3.39. The summed E-state index contributed by atoms with van der Waals surface area (Å²) in [6.07, 6.45) is 2.09. The molecule has 3 aromatic rings. The van der Waals surface area contributed by atoms with Gasteiger partial charge in [0.2, 0.25) is 0 Å². The molecular formula is C21H21ClN2O2S. The van der Waals surface area contributed by atoms with E-state index in [1.54, 1.807) is 16.3 Å². The molecule has 2 aromatic carbocycles. The normalized spacial score (nSPS) is 18.1. The van der Waals surface area contributed by atoms with Gasteiger partial charge in [-0.2, -0.15) is 0 Å². The van der Waals surface area contributed by atoms with Crippen LogP contribution in [0.2, 0.25) is 5.02 Å². The summed E-state index contributed by atoms with van der Waals surface area (Å²) in [7, 11) is 0. The van der Waals surface area contributed by atoms with Gasteiger partial charge < -0.3 is 4.74 Å². The van der Waals surface area contributed by atoms with Gasteiger partial charge in [-0.25, -0.2) is 4.98 Å². The van der Waals surface area contributed by atoms with E-state index in [4.69, 9.17) is 21.3 Å². The van der Waals surface area contributed by atoms with E-state index in [9.17, 15) is 4.79 Å². The lowest BCUT2D eigenvalue weighted by atomic mass is 10.2. The van der Waals surface area contributed by atoms with Crippen molar-refractivity contribution < 1.29 is 4.74 Å². The van der Waals surface area contributed by atoms with Gasteiger partial charge >= 0.3 is 0 Å². The zero-order valence-electron chi connectivity index (χ0n) is 15.1. The Morgan fingerprint density at radius 2 is 2.04 bits per heavy atom. The SMILES string of the molecule is C[C@H](Sc1nc2ccccc2c(=O)n1C[C@@H]1CCCO1)c1ccccc1Cl. The predicted molar refractivity (Wildman–Crippen MR) is 111 cm³/mol. The van der Waals surface area contributed by atoms with Gasteiger partial charge in [-0.1, -0.05) is 53.7 Å². The molecule has 0 radical (unpaired) electrons. The van der Waals surface area contributed by atoms with Crippen molar-refractivity contribution in [3.63, 3.8) is 0 Å². The number of nitrogens with zero attached hydrogens (tertiary/aromatic N) is 2. The van der Waals surface area contributed by atoms with E-state index in [2.05, 4.69) is 6.92 Å². The summed E-state index contributed by atoms with van der Waals surface area (Å²) in [4.78, 5) is 18.0. The fraction of sp³-hybridized carbons (Fsp3) is 0.333. The van der Waals surface area contributed by atoms with Crippen LogP contribution >= 0.6 is 23.4 Å². The number of halogens is 1. The predicted octanol–water partition coefficient (Wildman–Crippen LogP) is 5.08. The van der Waals surface area contributed by atoms with E-state index in [-0.39, 0.29) is 16.9 Å². The number of benzene rings is 2.